The SMILES string of the molecule is CC(CO)c1ccc2ccc(O)cc2c1. The summed E-state index contributed by atoms with van der Waals surface area (Å²) in [5, 5.41) is 20.5. The van der Waals surface area contributed by atoms with E-state index in [-0.39, 0.29) is 18.3 Å². The van der Waals surface area contributed by atoms with Crippen LogP contribution in [0.5, 0.6) is 5.75 Å². The van der Waals surface area contributed by atoms with Crippen LogP contribution >= 0.6 is 0 Å². The molecule has 0 aliphatic rings. The quantitative estimate of drug-likeness (QED) is 0.786. The molecule has 0 bridgehead atoms. The fourth-order valence-electron chi connectivity index (χ4n) is 1.66. The maximum absolute atomic E-state index is 9.37. The summed E-state index contributed by atoms with van der Waals surface area (Å²) in [4.78, 5) is 0. The van der Waals surface area contributed by atoms with Gasteiger partial charge in [0.05, 0.1) is 0 Å². The Morgan fingerprint density at radius 3 is 2.53 bits per heavy atom. The van der Waals surface area contributed by atoms with Gasteiger partial charge < -0.3 is 10.2 Å². The lowest BCUT2D eigenvalue weighted by atomic mass is 9.98. The van der Waals surface area contributed by atoms with E-state index in [0.717, 1.165) is 16.3 Å². The maximum Gasteiger partial charge on any atom is 0.116 e. The highest BCUT2D eigenvalue weighted by molar-refractivity contribution is 5.84. The van der Waals surface area contributed by atoms with E-state index in [0.29, 0.717) is 0 Å². The van der Waals surface area contributed by atoms with Gasteiger partial charge >= 0.3 is 0 Å². The standard InChI is InChI=1S/C13H14O2/c1-9(8-14)11-3-2-10-4-5-13(15)7-12(10)6-11/h2-7,9,14-15H,8H2,1H3. The van der Waals surface area contributed by atoms with Gasteiger partial charge in [-0.05, 0) is 28.5 Å². The van der Waals surface area contributed by atoms with Crippen molar-refractivity contribution < 1.29 is 10.2 Å². The molecule has 0 aromatic heterocycles. The first kappa shape index (κ1) is 9.99. The summed E-state index contributed by atoms with van der Waals surface area (Å²) >= 11 is 0. The van der Waals surface area contributed by atoms with Gasteiger partial charge in [0.15, 0.2) is 0 Å². The minimum absolute atomic E-state index is 0.136. The van der Waals surface area contributed by atoms with Gasteiger partial charge in [0, 0.05) is 12.5 Å². The van der Waals surface area contributed by atoms with Crippen molar-refractivity contribution in [3.05, 3.63) is 42.0 Å². The summed E-state index contributed by atoms with van der Waals surface area (Å²) in [7, 11) is 0. The van der Waals surface area contributed by atoms with E-state index in [1.54, 1.807) is 12.1 Å². The van der Waals surface area contributed by atoms with E-state index >= 15 is 0 Å². The third kappa shape index (κ3) is 1.95. The number of aromatic hydroxyl groups is 1. The summed E-state index contributed by atoms with van der Waals surface area (Å²) < 4.78 is 0. The Hall–Kier alpha value is -1.54. The molecule has 0 fully saturated rings. The van der Waals surface area contributed by atoms with Gasteiger partial charge in [-0.25, -0.2) is 0 Å². The molecule has 0 heterocycles. The molecule has 78 valence electrons. The molecule has 0 saturated carbocycles. The molecule has 0 spiro atoms. The summed E-state index contributed by atoms with van der Waals surface area (Å²) in [6, 6.07) is 11.3. The van der Waals surface area contributed by atoms with E-state index in [1.165, 1.54) is 0 Å². The van der Waals surface area contributed by atoms with Gasteiger partial charge in [-0.15, -0.1) is 0 Å². The number of hydrogen-bond donors (Lipinski definition) is 2. The van der Waals surface area contributed by atoms with Crippen molar-refractivity contribution in [2.24, 2.45) is 0 Å². The summed E-state index contributed by atoms with van der Waals surface area (Å²) in [5.41, 5.74) is 1.09. The second-order valence-corrected chi connectivity index (χ2v) is 3.87. The fourth-order valence-corrected chi connectivity index (χ4v) is 1.66. The number of phenols is 1. The Bertz CT molecular complexity index is 477. The first-order valence-electron chi connectivity index (χ1n) is 5.04. The van der Waals surface area contributed by atoms with Crippen molar-refractivity contribution in [3.8, 4) is 5.75 Å². The lowest BCUT2D eigenvalue weighted by Gasteiger charge is -2.09. The van der Waals surface area contributed by atoms with Crippen molar-refractivity contribution in [2.75, 3.05) is 6.61 Å². The molecule has 0 aliphatic heterocycles. The zero-order chi connectivity index (χ0) is 10.8. The van der Waals surface area contributed by atoms with Crippen LogP contribution in [0, 0.1) is 0 Å². The molecule has 2 N–H and O–H groups in total. The van der Waals surface area contributed by atoms with Gasteiger partial charge in [-0.1, -0.05) is 31.2 Å². The number of fused-ring (bicyclic) bond motifs is 1. The van der Waals surface area contributed by atoms with Gasteiger partial charge in [0.2, 0.25) is 0 Å². The lowest BCUT2D eigenvalue weighted by molar-refractivity contribution is 0.273. The van der Waals surface area contributed by atoms with Crippen LogP contribution in [0.25, 0.3) is 10.8 Å². The number of aliphatic hydroxyl groups excluding tert-OH is 1. The third-order valence-electron chi connectivity index (χ3n) is 2.69. The van der Waals surface area contributed by atoms with Crippen LogP contribution in [0.2, 0.25) is 0 Å². The van der Waals surface area contributed by atoms with E-state index in [2.05, 4.69) is 0 Å². The highest BCUT2D eigenvalue weighted by atomic mass is 16.3. The number of rotatable bonds is 2. The molecule has 2 rings (SSSR count). The van der Waals surface area contributed by atoms with Gasteiger partial charge in [0.1, 0.15) is 5.75 Å². The van der Waals surface area contributed by atoms with Gasteiger partial charge in [0.25, 0.3) is 0 Å². The number of aliphatic hydroxyl groups is 1. The minimum Gasteiger partial charge on any atom is -0.508 e. The first-order valence-corrected chi connectivity index (χ1v) is 5.04. The molecule has 2 aromatic rings. The lowest BCUT2D eigenvalue weighted by Crippen LogP contribution is -1.98. The third-order valence-corrected chi connectivity index (χ3v) is 2.69. The largest absolute Gasteiger partial charge is 0.508 e. The summed E-state index contributed by atoms with van der Waals surface area (Å²) in [6.07, 6.45) is 0. The second-order valence-electron chi connectivity index (χ2n) is 3.87. The van der Waals surface area contributed by atoms with E-state index in [1.807, 2.05) is 31.2 Å². The first-order chi connectivity index (χ1) is 7.20. The normalized spacial score (nSPS) is 12.9. The van der Waals surface area contributed by atoms with Crippen molar-refractivity contribution in [1.82, 2.24) is 0 Å². The Morgan fingerprint density at radius 1 is 1.07 bits per heavy atom. The second kappa shape index (κ2) is 3.91. The average molecular weight is 202 g/mol. The van der Waals surface area contributed by atoms with Gasteiger partial charge in [-0.2, -0.15) is 0 Å². The predicted molar refractivity (Wildman–Crippen MR) is 61.1 cm³/mol. The molecule has 2 nitrogen and oxygen atoms in total. The van der Waals surface area contributed by atoms with Crippen molar-refractivity contribution >= 4 is 10.8 Å². The van der Waals surface area contributed by atoms with E-state index in [9.17, 15) is 5.11 Å². The molecule has 2 heteroatoms. The van der Waals surface area contributed by atoms with Crippen molar-refractivity contribution in [3.63, 3.8) is 0 Å². The molecular formula is C13H14O2. The predicted octanol–water partition coefficient (Wildman–Crippen LogP) is 2.64. The molecular weight excluding hydrogens is 188 g/mol. The van der Waals surface area contributed by atoms with Crippen molar-refractivity contribution in [2.45, 2.75) is 12.8 Å². The number of phenolic OH excluding ortho intramolecular Hbond substituents is 1. The molecule has 0 amide bonds. The molecule has 0 aliphatic carbocycles. The zero-order valence-corrected chi connectivity index (χ0v) is 8.64. The Balaban J connectivity index is 2.54. The monoisotopic (exact) mass is 202 g/mol. The summed E-state index contributed by atoms with van der Waals surface area (Å²) in [5.74, 6) is 0.410. The average Bonchev–Trinajstić information content (AvgIpc) is 2.27. The molecule has 0 saturated heterocycles. The Labute approximate surface area is 88.8 Å². The minimum atomic E-state index is 0.136. The smallest absolute Gasteiger partial charge is 0.116 e. The van der Waals surface area contributed by atoms with Crippen LogP contribution in [0.4, 0.5) is 0 Å². The highest BCUT2D eigenvalue weighted by Crippen LogP contribution is 2.24. The molecule has 1 atom stereocenters. The maximum atomic E-state index is 9.37. The molecule has 15 heavy (non-hydrogen) atoms. The van der Waals surface area contributed by atoms with E-state index < -0.39 is 0 Å². The van der Waals surface area contributed by atoms with Crippen LogP contribution in [-0.4, -0.2) is 16.8 Å². The molecule has 1 unspecified atom stereocenters. The van der Waals surface area contributed by atoms with Crippen LogP contribution < -0.4 is 0 Å². The Morgan fingerprint density at radius 2 is 1.80 bits per heavy atom. The van der Waals surface area contributed by atoms with Crippen molar-refractivity contribution in [1.29, 1.82) is 0 Å². The van der Waals surface area contributed by atoms with Crippen LogP contribution in [0.15, 0.2) is 36.4 Å². The van der Waals surface area contributed by atoms with E-state index in [4.69, 9.17) is 5.11 Å². The highest BCUT2D eigenvalue weighted by Gasteiger charge is 2.04. The molecule has 0 radical (unpaired) electrons. The molecule has 2 aromatic carbocycles. The Kier molecular flexibility index (Phi) is 2.60. The van der Waals surface area contributed by atoms with Gasteiger partial charge in [-0.3, -0.25) is 0 Å². The summed E-state index contributed by atoms with van der Waals surface area (Å²) in [6.45, 7) is 2.12. The van der Waals surface area contributed by atoms with Crippen LogP contribution in [0.3, 0.4) is 0 Å². The topological polar surface area (TPSA) is 40.5 Å². The fraction of sp³-hybridized carbons (Fsp3) is 0.231. The number of hydrogen-bond acceptors (Lipinski definition) is 2. The zero-order valence-electron chi connectivity index (χ0n) is 8.64. The van der Waals surface area contributed by atoms with Crippen LogP contribution in [-0.2, 0) is 0 Å². The van der Waals surface area contributed by atoms with Crippen LogP contribution in [0.1, 0.15) is 18.4 Å². The number of benzene rings is 2.